The van der Waals surface area contributed by atoms with E-state index in [1.165, 1.54) is 4.31 Å². The maximum atomic E-state index is 13.0. The summed E-state index contributed by atoms with van der Waals surface area (Å²) in [4.78, 5) is 13.0. The first-order valence-electron chi connectivity index (χ1n) is 9.04. The van der Waals surface area contributed by atoms with Crippen molar-refractivity contribution in [2.24, 2.45) is 22.5 Å². The zero-order valence-electron chi connectivity index (χ0n) is 14.8. The Morgan fingerprint density at radius 2 is 2.00 bits per heavy atom. The van der Waals surface area contributed by atoms with Crippen LogP contribution in [0.25, 0.3) is 0 Å². The molecule has 1 heterocycles. The Hall–Kier alpha value is -1.40. The number of rotatable bonds is 3. The zero-order chi connectivity index (χ0) is 18.0. The molecule has 6 heteroatoms. The van der Waals surface area contributed by atoms with E-state index < -0.39 is 22.0 Å². The second-order valence-electron chi connectivity index (χ2n) is 8.55. The number of nitrogens with two attached hydrogens (primary N) is 1. The highest BCUT2D eigenvalue weighted by molar-refractivity contribution is 7.90. The monoisotopic (exact) mass is 362 g/mol. The van der Waals surface area contributed by atoms with Crippen molar-refractivity contribution in [3.63, 3.8) is 0 Å². The van der Waals surface area contributed by atoms with Crippen molar-refractivity contribution in [1.82, 2.24) is 4.31 Å². The van der Waals surface area contributed by atoms with Crippen LogP contribution >= 0.6 is 0 Å². The van der Waals surface area contributed by atoms with Crippen molar-refractivity contribution in [2.45, 2.75) is 51.6 Å². The van der Waals surface area contributed by atoms with Gasteiger partial charge in [-0.05, 0) is 42.6 Å². The number of carbonyl (C=O) groups excluding carboxylic acids is 1. The Bertz CT molecular complexity index is 805. The molecule has 4 atom stereocenters. The minimum Gasteiger partial charge on any atom is -0.320 e. The normalized spacial score (nSPS) is 35.6. The lowest BCUT2D eigenvalue weighted by molar-refractivity contribution is -0.130. The summed E-state index contributed by atoms with van der Waals surface area (Å²) >= 11 is 0. The molecule has 1 aromatic carbocycles. The predicted octanol–water partition coefficient (Wildman–Crippen LogP) is 1.92. The molecule has 25 heavy (non-hydrogen) atoms. The molecule has 3 aliphatic rings. The van der Waals surface area contributed by atoms with Gasteiger partial charge >= 0.3 is 0 Å². The van der Waals surface area contributed by atoms with E-state index >= 15 is 0 Å². The standard InChI is InChI=1S/C19H26N2O3S/c1-18(2)14-8-9-19(18)12-25(23,24)21(16(19)11-14)17(22)15(20)10-13-6-4-3-5-7-13/h3-7,14-16H,8-12,20H2,1-2H3/t14-,15-,16-,19-/m0/s1. The van der Waals surface area contributed by atoms with Crippen LogP contribution in [-0.2, 0) is 21.2 Å². The third-order valence-corrected chi connectivity index (χ3v) is 9.16. The van der Waals surface area contributed by atoms with Crippen LogP contribution in [0.15, 0.2) is 30.3 Å². The summed E-state index contributed by atoms with van der Waals surface area (Å²) in [5.74, 6) is 0.153. The maximum absolute atomic E-state index is 13.0. The minimum atomic E-state index is -3.59. The third kappa shape index (κ3) is 2.23. The van der Waals surface area contributed by atoms with Gasteiger partial charge in [0.15, 0.2) is 0 Å². The Balaban J connectivity index is 1.63. The van der Waals surface area contributed by atoms with Crippen LogP contribution in [-0.4, -0.2) is 36.5 Å². The van der Waals surface area contributed by atoms with Crippen LogP contribution in [0.2, 0.25) is 0 Å². The van der Waals surface area contributed by atoms with Crippen molar-refractivity contribution in [3.8, 4) is 0 Å². The lowest BCUT2D eigenvalue weighted by Gasteiger charge is -2.37. The molecule has 1 spiro atoms. The second-order valence-corrected chi connectivity index (χ2v) is 10.4. The van der Waals surface area contributed by atoms with E-state index in [9.17, 15) is 13.2 Å². The fourth-order valence-corrected chi connectivity index (χ4v) is 8.28. The zero-order valence-corrected chi connectivity index (χ0v) is 15.6. The average molecular weight is 362 g/mol. The van der Waals surface area contributed by atoms with E-state index in [0.29, 0.717) is 12.3 Å². The summed E-state index contributed by atoms with van der Waals surface area (Å²) in [6, 6.07) is 8.49. The fourth-order valence-electron chi connectivity index (χ4n) is 5.70. The van der Waals surface area contributed by atoms with Crippen LogP contribution in [0, 0.1) is 16.7 Å². The number of amides is 1. The van der Waals surface area contributed by atoms with Crippen LogP contribution in [0.4, 0.5) is 0 Å². The van der Waals surface area contributed by atoms with Crippen molar-refractivity contribution >= 4 is 15.9 Å². The minimum absolute atomic E-state index is 0.0384. The summed E-state index contributed by atoms with van der Waals surface area (Å²) in [5.41, 5.74) is 6.76. The van der Waals surface area contributed by atoms with Gasteiger partial charge in [0, 0.05) is 5.41 Å². The number of sulfonamides is 1. The molecule has 0 unspecified atom stereocenters. The van der Waals surface area contributed by atoms with Gasteiger partial charge in [-0.15, -0.1) is 0 Å². The van der Waals surface area contributed by atoms with Gasteiger partial charge in [-0.25, -0.2) is 12.7 Å². The Labute approximate surface area is 149 Å². The molecule has 2 saturated carbocycles. The van der Waals surface area contributed by atoms with Gasteiger partial charge in [0.2, 0.25) is 10.0 Å². The molecule has 2 aliphatic carbocycles. The van der Waals surface area contributed by atoms with Gasteiger partial charge in [-0.3, -0.25) is 4.79 Å². The molecule has 0 radical (unpaired) electrons. The first-order chi connectivity index (χ1) is 11.7. The molecular weight excluding hydrogens is 336 g/mol. The molecule has 2 N–H and O–H groups in total. The highest BCUT2D eigenvalue weighted by atomic mass is 32.2. The van der Waals surface area contributed by atoms with Crippen molar-refractivity contribution in [1.29, 1.82) is 0 Å². The van der Waals surface area contributed by atoms with Crippen LogP contribution in [0.5, 0.6) is 0 Å². The molecule has 4 rings (SSSR count). The van der Waals surface area contributed by atoms with Crippen LogP contribution in [0.1, 0.15) is 38.7 Å². The number of fused-ring (bicyclic) bond motifs is 1. The fraction of sp³-hybridized carbons (Fsp3) is 0.632. The molecule has 1 aromatic rings. The highest BCUT2D eigenvalue weighted by Crippen LogP contribution is 2.69. The topological polar surface area (TPSA) is 80.5 Å². The summed E-state index contributed by atoms with van der Waals surface area (Å²) < 4.78 is 27.0. The second kappa shape index (κ2) is 5.30. The molecule has 5 nitrogen and oxygen atoms in total. The molecule has 1 amide bonds. The molecule has 0 aromatic heterocycles. The molecule has 1 aliphatic heterocycles. The summed E-state index contributed by atoms with van der Waals surface area (Å²) in [5, 5.41) is 0. The van der Waals surface area contributed by atoms with Crippen LogP contribution in [0.3, 0.4) is 0 Å². The van der Waals surface area contributed by atoms with Gasteiger partial charge in [0.05, 0.1) is 17.8 Å². The average Bonchev–Trinajstić information content (AvgIpc) is 3.02. The van der Waals surface area contributed by atoms with E-state index in [4.69, 9.17) is 5.73 Å². The van der Waals surface area contributed by atoms with Gasteiger partial charge in [0.1, 0.15) is 0 Å². The van der Waals surface area contributed by atoms with E-state index in [1.54, 1.807) is 0 Å². The number of hydrogen-bond acceptors (Lipinski definition) is 4. The van der Waals surface area contributed by atoms with Gasteiger partial charge in [-0.2, -0.15) is 0 Å². The van der Waals surface area contributed by atoms with Gasteiger partial charge in [0.25, 0.3) is 5.91 Å². The SMILES string of the molecule is CC1(C)[C@H]2CC[C@@]13CS(=O)(=O)N(C(=O)[C@@H](N)Cc1ccccc1)[C@H]3C2. The van der Waals surface area contributed by atoms with Crippen molar-refractivity contribution in [3.05, 3.63) is 35.9 Å². The largest absolute Gasteiger partial charge is 0.320 e. The van der Waals surface area contributed by atoms with E-state index in [0.717, 1.165) is 24.8 Å². The summed E-state index contributed by atoms with van der Waals surface area (Å²) in [7, 11) is -3.59. The van der Waals surface area contributed by atoms with Crippen molar-refractivity contribution < 1.29 is 13.2 Å². The lowest BCUT2D eigenvalue weighted by atomic mass is 9.69. The maximum Gasteiger partial charge on any atom is 0.253 e. The Kier molecular flexibility index (Phi) is 3.61. The van der Waals surface area contributed by atoms with Crippen molar-refractivity contribution in [2.75, 3.05) is 5.75 Å². The summed E-state index contributed by atoms with van der Waals surface area (Å²) in [6.07, 6.45) is 3.11. The smallest absolute Gasteiger partial charge is 0.253 e. The number of benzene rings is 1. The lowest BCUT2D eigenvalue weighted by Crippen LogP contribution is -2.50. The Morgan fingerprint density at radius 1 is 1.32 bits per heavy atom. The van der Waals surface area contributed by atoms with Gasteiger partial charge in [-0.1, -0.05) is 44.2 Å². The van der Waals surface area contributed by atoms with E-state index in [-0.39, 0.29) is 22.6 Å². The first kappa shape index (κ1) is 17.0. The third-order valence-electron chi connectivity index (χ3n) is 7.24. The number of nitrogens with zero attached hydrogens (tertiary/aromatic N) is 1. The quantitative estimate of drug-likeness (QED) is 0.891. The number of hydrogen-bond donors (Lipinski definition) is 1. The number of carbonyl (C=O) groups is 1. The molecule has 1 saturated heterocycles. The molecule has 3 fully saturated rings. The molecule has 136 valence electrons. The Morgan fingerprint density at radius 3 is 2.64 bits per heavy atom. The van der Waals surface area contributed by atoms with Crippen LogP contribution < -0.4 is 5.73 Å². The van der Waals surface area contributed by atoms with E-state index in [1.807, 2.05) is 30.3 Å². The van der Waals surface area contributed by atoms with Gasteiger partial charge < -0.3 is 5.73 Å². The molecule has 2 bridgehead atoms. The molecular formula is C19H26N2O3S. The summed E-state index contributed by atoms with van der Waals surface area (Å²) in [6.45, 7) is 4.36. The highest BCUT2D eigenvalue weighted by Gasteiger charge is 2.72. The predicted molar refractivity (Wildman–Crippen MR) is 96.1 cm³/mol. The van der Waals surface area contributed by atoms with E-state index in [2.05, 4.69) is 13.8 Å². The first-order valence-corrected chi connectivity index (χ1v) is 10.7.